The van der Waals surface area contributed by atoms with Crippen LogP contribution in [-0.4, -0.2) is 38.5 Å². The Kier molecular flexibility index (Phi) is 7.07. The molecule has 0 saturated heterocycles. The second-order valence-electron chi connectivity index (χ2n) is 7.68. The second kappa shape index (κ2) is 10.2. The third kappa shape index (κ3) is 4.59. The fraction of sp³-hybridized carbons (Fsp3) is 0.269. The number of benzene rings is 2. The van der Waals surface area contributed by atoms with Crippen molar-refractivity contribution in [3.63, 3.8) is 0 Å². The Morgan fingerprint density at radius 2 is 1.74 bits per heavy atom. The number of methoxy groups -OCH3 is 3. The monoisotopic (exact) mass is 494 g/mol. The first kappa shape index (κ1) is 24.3. The molecule has 0 amide bonds. The minimum atomic E-state index is -0.774. The number of carbonyl (C=O) groups is 1. The highest BCUT2D eigenvalue weighted by Crippen LogP contribution is 2.37. The number of allylic oxidation sites excluding steroid dienone is 1. The van der Waals surface area contributed by atoms with Gasteiger partial charge in [-0.05, 0) is 49.8 Å². The Bertz CT molecular complexity index is 1470. The van der Waals surface area contributed by atoms with Crippen molar-refractivity contribution in [2.45, 2.75) is 19.9 Å². The van der Waals surface area contributed by atoms with Crippen LogP contribution in [0.3, 0.4) is 0 Å². The molecule has 1 aliphatic rings. The molecule has 2 heterocycles. The van der Waals surface area contributed by atoms with Gasteiger partial charge < -0.3 is 18.9 Å². The predicted octanol–water partition coefficient (Wildman–Crippen LogP) is 2.82. The summed E-state index contributed by atoms with van der Waals surface area (Å²) in [6.07, 6.45) is 1.80. The molecule has 0 bridgehead atoms. The first-order valence-corrected chi connectivity index (χ1v) is 11.8. The van der Waals surface area contributed by atoms with E-state index in [0.717, 1.165) is 11.3 Å². The van der Waals surface area contributed by atoms with Crippen molar-refractivity contribution in [3.8, 4) is 17.2 Å². The third-order valence-corrected chi connectivity index (χ3v) is 6.65. The lowest BCUT2D eigenvalue weighted by Crippen LogP contribution is -2.40. The third-order valence-electron chi connectivity index (χ3n) is 5.67. The predicted molar refractivity (Wildman–Crippen MR) is 133 cm³/mol. The van der Waals surface area contributed by atoms with Gasteiger partial charge >= 0.3 is 5.97 Å². The first-order chi connectivity index (χ1) is 16.9. The summed E-state index contributed by atoms with van der Waals surface area (Å²) in [5.41, 5.74) is 1.99. The Morgan fingerprint density at radius 3 is 2.37 bits per heavy atom. The normalized spacial score (nSPS) is 15.3. The summed E-state index contributed by atoms with van der Waals surface area (Å²) in [6, 6.07) is 11.9. The van der Waals surface area contributed by atoms with E-state index in [1.807, 2.05) is 24.3 Å². The summed E-state index contributed by atoms with van der Waals surface area (Å²) in [6.45, 7) is 3.68. The van der Waals surface area contributed by atoms with Gasteiger partial charge in [0.2, 0.25) is 0 Å². The zero-order valence-corrected chi connectivity index (χ0v) is 21.0. The maximum atomic E-state index is 13.7. The largest absolute Gasteiger partial charge is 0.497 e. The summed E-state index contributed by atoms with van der Waals surface area (Å²) in [5.74, 6) is 1.28. The molecule has 35 heavy (non-hydrogen) atoms. The van der Waals surface area contributed by atoms with Crippen LogP contribution in [0.2, 0.25) is 0 Å². The van der Waals surface area contributed by atoms with Gasteiger partial charge in [-0.3, -0.25) is 9.36 Å². The van der Waals surface area contributed by atoms with E-state index in [9.17, 15) is 9.59 Å². The van der Waals surface area contributed by atoms with Crippen LogP contribution in [-0.2, 0) is 9.53 Å². The lowest BCUT2D eigenvalue weighted by Gasteiger charge is -2.26. The van der Waals surface area contributed by atoms with Gasteiger partial charge in [0.25, 0.3) is 5.56 Å². The van der Waals surface area contributed by atoms with Gasteiger partial charge in [-0.25, -0.2) is 9.79 Å². The van der Waals surface area contributed by atoms with E-state index in [2.05, 4.69) is 4.99 Å². The molecule has 0 radical (unpaired) electrons. The number of carbonyl (C=O) groups excluding carboxylic acids is 1. The SMILES string of the molecule is CCOC(=O)C1=C(C)N=c2s/c(=C\c3ccc(OC)cc3)c(=O)n2[C@@H]1c1ccc(OC)cc1OC. The second-order valence-corrected chi connectivity index (χ2v) is 8.69. The van der Waals surface area contributed by atoms with Crippen LogP contribution in [0, 0.1) is 0 Å². The maximum Gasteiger partial charge on any atom is 0.338 e. The van der Waals surface area contributed by atoms with Gasteiger partial charge in [-0.1, -0.05) is 23.5 Å². The van der Waals surface area contributed by atoms with E-state index >= 15 is 0 Å². The van der Waals surface area contributed by atoms with Crippen LogP contribution in [0.1, 0.15) is 31.0 Å². The fourth-order valence-electron chi connectivity index (χ4n) is 3.98. The number of hydrogen-bond acceptors (Lipinski definition) is 8. The molecule has 2 aromatic carbocycles. The minimum absolute atomic E-state index is 0.198. The van der Waals surface area contributed by atoms with E-state index in [4.69, 9.17) is 18.9 Å². The smallest absolute Gasteiger partial charge is 0.338 e. The molecule has 4 rings (SSSR count). The highest BCUT2D eigenvalue weighted by atomic mass is 32.1. The highest BCUT2D eigenvalue weighted by Gasteiger charge is 2.35. The number of esters is 1. The molecule has 0 N–H and O–H groups in total. The van der Waals surface area contributed by atoms with Crippen LogP contribution >= 0.6 is 11.3 Å². The van der Waals surface area contributed by atoms with E-state index in [-0.39, 0.29) is 12.2 Å². The van der Waals surface area contributed by atoms with Gasteiger partial charge in [-0.15, -0.1) is 0 Å². The first-order valence-electron chi connectivity index (χ1n) is 11.0. The van der Waals surface area contributed by atoms with Crippen LogP contribution < -0.4 is 29.1 Å². The number of nitrogens with zero attached hydrogens (tertiary/aromatic N) is 2. The average molecular weight is 495 g/mol. The fourth-order valence-corrected chi connectivity index (χ4v) is 5.03. The van der Waals surface area contributed by atoms with Crippen molar-refractivity contribution in [1.29, 1.82) is 0 Å². The van der Waals surface area contributed by atoms with Gasteiger partial charge in [0.1, 0.15) is 23.3 Å². The molecular weight excluding hydrogens is 468 g/mol. The molecule has 0 saturated carbocycles. The number of aromatic nitrogens is 1. The topological polar surface area (TPSA) is 88.4 Å². The van der Waals surface area contributed by atoms with Crippen molar-refractivity contribution >= 4 is 23.4 Å². The average Bonchev–Trinajstić information content (AvgIpc) is 3.17. The Balaban J connectivity index is 1.96. The lowest BCUT2D eigenvalue weighted by molar-refractivity contribution is -0.139. The van der Waals surface area contributed by atoms with Gasteiger partial charge in [0.15, 0.2) is 4.80 Å². The van der Waals surface area contributed by atoms with E-state index in [1.54, 1.807) is 52.3 Å². The molecule has 1 aromatic heterocycles. The molecule has 1 atom stereocenters. The molecule has 8 nitrogen and oxygen atoms in total. The molecule has 0 aliphatic carbocycles. The number of thiazole rings is 1. The molecular formula is C26H26N2O6S. The van der Waals surface area contributed by atoms with Gasteiger partial charge in [-0.2, -0.15) is 0 Å². The molecule has 3 aromatic rings. The standard InChI is InChI=1S/C26H26N2O6S/c1-6-34-25(30)22-15(2)27-26-28(23(22)19-12-11-18(32-4)14-20(19)33-5)24(29)21(35-26)13-16-7-9-17(31-3)10-8-16/h7-14,23H,6H2,1-5H3/b21-13-/t23-/m1/s1. The quantitative estimate of drug-likeness (QED) is 0.470. The zero-order valence-electron chi connectivity index (χ0n) is 20.2. The summed E-state index contributed by atoms with van der Waals surface area (Å²) in [5, 5.41) is 0. The molecule has 0 fully saturated rings. The Hall–Kier alpha value is -3.85. The van der Waals surface area contributed by atoms with E-state index in [1.165, 1.54) is 23.0 Å². The van der Waals surface area contributed by atoms with Crippen LogP contribution in [0.4, 0.5) is 0 Å². The van der Waals surface area contributed by atoms with Crippen molar-refractivity contribution < 1.29 is 23.7 Å². The molecule has 0 unspecified atom stereocenters. The Labute approximate surface area is 206 Å². The molecule has 9 heteroatoms. The highest BCUT2D eigenvalue weighted by molar-refractivity contribution is 7.07. The summed E-state index contributed by atoms with van der Waals surface area (Å²) < 4.78 is 23.5. The van der Waals surface area contributed by atoms with Gasteiger partial charge in [0, 0.05) is 11.6 Å². The minimum Gasteiger partial charge on any atom is -0.497 e. The summed E-state index contributed by atoms with van der Waals surface area (Å²) >= 11 is 1.26. The van der Waals surface area contributed by atoms with E-state index in [0.29, 0.717) is 37.7 Å². The van der Waals surface area contributed by atoms with Crippen LogP contribution in [0.25, 0.3) is 6.08 Å². The lowest BCUT2D eigenvalue weighted by atomic mass is 9.95. The van der Waals surface area contributed by atoms with Gasteiger partial charge in [0.05, 0.1) is 43.7 Å². The maximum absolute atomic E-state index is 13.7. The van der Waals surface area contributed by atoms with Crippen LogP contribution in [0.15, 0.2) is 63.5 Å². The van der Waals surface area contributed by atoms with Crippen LogP contribution in [0.5, 0.6) is 17.2 Å². The number of hydrogen-bond donors (Lipinski definition) is 0. The Morgan fingerprint density at radius 1 is 1.06 bits per heavy atom. The van der Waals surface area contributed by atoms with Crippen molar-refractivity contribution in [1.82, 2.24) is 4.57 Å². The molecule has 0 spiro atoms. The summed E-state index contributed by atoms with van der Waals surface area (Å²) in [4.78, 5) is 31.8. The zero-order chi connectivity index (χ0) is 25.1. The van der Waals surface area contributed by atoms with Crippen molar-refractivity contribution in [3.05, 3.63) is 84.5 Å². The number of ether oxygens (including phenoxy) is 4. The summed E-state index contributed by atoms with van der Waals surface area (Å²) in [7, 11) is 4.70. The number of rotatable bonds is 7. The molecule has 182 valence electrons. The number of fused-ring (bicyclic) bond motifs is 1. The van der Waals surface area contributed by atoms with Crippen molar-refractivity contribution in [2.24, 2.45) is 4.99 Å². The van der Waals surface area contributed by atoms with Crippen molar-refractivity contribution in [2.75, 3.05) is 27.9 Å². The van der Waals surface area contributed by atoms with E-state index < -0.39 is 12.0 Å². The molecule has 1 aliphatic heterocycles.